The molecule has 0 saturated carbocycles. The molecule has 0 heterocycles. The molecule has 0 bridgehead atoms. The molecule has 0 amide bonds. The zero-order chi connectivity index (χ0) is 20.5. The predicted octanol–water partition coefficient (Wildman–Crippen LogP) is 4.37. The summed E-state index contributed by atoms with van der Waals surface area (Å²) in [5, 5.41) is 7.91. The van der Waals surface area contributed by atoms with Gasteiger partial charge in [-0.3, -0.25) is 0 Å². The van der Waals surface area contributed by atoms with E-state index in [1.54, 1.807) is 6.21 Å². The van der Waals surface area contributed by atoms with E-state index in [0.717, 1.165) is 21.1 Å². The summed E-state index contributed by atoms with van der Waals surface area (Å²) >= 11 is 0. The first-order valence-corrected chi connectivity index (χ1v) is 11.9. The van der Waals surface area contributed by atoms with Gasteiger partial charge in [-0.1, -0.05) is 127 Å². The van der Waals surface area contributed by atoms with Crippen molar-refractivity contribution in [2.24, 2.45) is 5.16 Å². The van der Waals surface area contributed by atoms with E-state index in [1.165, 1.54) is 0 Å². The topological polar surface area (TPSA) is 21.6 Å². The molecule has 0 saturated heterocycles. The molecule has 3 heteroatoms. The SMILES string of the molecule is C(=C\c1ccccc1)/C=N/O[Si](c1ccccc1)(c1ccccc1)c1ccccc1. The van der Waals surface area contributed by atoms with Crippen LogP contribution in [0.25, 0.3) is 6.08 Å². The molecule has 0 aliphatic heterocycles. The number of nitrogens with zero attached hydrogens (tertiary/aromatic N) is 1. The fourth-order valence-corrected chi connectivity index (χ4v) is 7.06. The Morgan fingerprint density at radius 2 is 0.933 bits per heavy atom. The second-order valence-corrected chi connectivity index (χ2v) is 10.2. The van der Waals surface area contributed by atoms with Gasteiger partial charge >= 0.3 is 8.32 Å². The van der Waals surface area contributed by atoms with Gasteiger partial charge in [-0.2, -0.15) is 0 Å². The Balaban J connectivity index is 1.75. The van der Waals surface area contributed by atoms with Gasteiger partial charge < -0.3 is 4.53 Å². The van der Waals surface area contributed by atoms with Crippen molar-refractivity contribution in [3.63, 3.8) is 0 Å². The molecule has 0 radical (unpaired) electrons. The third-order valence-corrected chi connectivity index (χ3v) is 8.78. The maximum absolute atomic E-state index is 6.48. The molecular formula is C27H23NOSi. The van der Waals surface area contributed by atoms with Gasteiger partial charge in [0.25, 0.3) is 0 Å². The Morgan fingerprint density at radius 1 is 0.533 bits per heavy atom. The van der Waals surface area contributed by atoms with E-state index in [4.69, 9.17) is 4.53 Å². The van der Waals surface area contributed by atoms with Crippen LogP contribution in [-0.2, 0) is 4.53 Å². The first-order chi connectivity index (χ1) is 14.9. The summed E-state index contributed by atoms with van der Waals surface area (Å²) in [4.78, 5) is 0. The van der Waals surface area contributed by atoms with Crippen molar-refractivity contribution >= 4 is 36.2 Å². The average molecular weight is 406 g/mol. The molecule has 146 valence electrons. The van der Waals surface area contributed by atoms with E-state index in [0.29, 0.717) is 0 Å². The van der Waals surface area contributed by atoms with Crippen LogP contribution in [0.1, 0.15) is 5.56 Å². The maximum Gasteiger partial charge on any atom is 0.380 e. The van der Waals surface area contributed by atoms with Crippen LogP contribution in [0.3, 0.4) is 0 Å². The summed E-state index contributed by atoms with van der Waals surface area (Å²) in [7, 11) is -2.78. The molecular weight excluding hydrogens is 382 g/mol. The van der Waals surface area contributed by atoms with Crippen LogP contribution in [0.5, 0.6) is 0 Å². The number of hydrogen-bond acceptors (Lipinski definition) is 2. The first-order valence-electron chi connectivity index (χ1n) is 9.99. The third kappa shape index (κ3) is 4.32. The standard InChI is InChI=1S/C27H23NOSi/c1-5-14-24(15-6-1)16-13-23-28-29-30(25-17-7-2-8-18-25,26-19-9-3-10-20-26)27-21-11-4-12-22-27/h1-23H/b16-13+,28-23+. The van der Waals surface area contributed by atoms with Gasteiger partial charge in [0.1, 0.15) is 0 Å². The van der Waals surface area contributed by atoms with Crippen LogP contribution in [0.2, 0.25) is 0 Å². The summed E-state index contributed by atoms with van der Waals surface area (Å²) in [6, 6.07) is 41.5. The predicted molar refractivity (Wildman–Crippen MR) is 129 cm³/mol. The Bertz CT molecular complexity index is 998. The molecule has 0 atom stereocenters. The fraction of sp³-hybridized carbons (Fsp3) is 0. The van der Waals surface area contributed by atoms with Crippen LogP contribution in [0.15, 0.2) is 133 Å². The molecule has 0 fully saturated rings. The van der Waals surface area contributed by atoms with Gasteiger partial charge in [0.2, 0.25) is 0 Å². The lowest BCUT2D eigenvalue weighted by Crippen LogP contribution is -2.68. The van der Waals surface area contributed by atoms with E-state index in [2.05, 4.69) is 90.1 Å². The maximum atomic E-state index is 6.48. The van der Waals surface area contributed by atoms with E-state index < -0.39 is 8.32 Å². The Morgan fingerprint density at radius 3 is 1.37 bits per heavy atom. The molecule has 0 spiro atoms. The van der Waals surface area contributed by atoms with Crippen molar-refractivity contribution in [2.75, 3.05) is 0 Å². The molecule has 2 nitrogen and oxygen atoms in total. The monoisotopic (exact) mass is 405 g/mol. The van der Waals surface area contributed by atoms with Gasteiger partial charge in [0.05, 0.1) is 6.21 Å². The highest BCUT2D eigenvalue weighted by atomic mass is 28.4. The molecule has 0 aliphatic carbocycles. The summed E-state index contributed by atoms with van der Waals surface area (Å²) < 4.78 is 6.48. The minimum absolute atomic E-state index is 1.13. The van der Waals surface area contributed by atoms with E-state index in [1.807, 2.05) is 48.6 Å². The second-order valence-electron chi connectivity index (χ2n) is 6.89. The smallest absolute Gasteiger partial charge is 0.380 e. The van der Waals surface area contributed by atoms with E-state index >= 15 is 0 Å². The van der Waals surface area contributed by atoms with Gasteiger partial charge in [0, 0.05) is 0 Å². The number of oxime groups is 1. The first kappa shape index (κ1) is 19.6. The van der Waals surface area contributed by atoms with Crippen molar-refractivity contribution in [2.45, 2.75) is 0 Å². The van der Waals surface area contributed by atoms with Gasteiger partial charge in [0.15, 0.2) is 0 Å². The zero-order valence-corrected chi connectivity index (χ0v) is 17.6. The number of benzene rings is 4. The number of allylic oxidation sites excluding steroid dienone is 1. The lowest BCUT2D eigenvalue weighted by Gasteiger charge is -2.29. The Kier molecular flexibility index (Phi) is 6.33. The highest BCUT2D eigenvalue weighted by molar-refractivity contribution is 7.07. The van der Waals surface area contributed by atoms with Crippen molar-refractivity contribution in [3.05, 3.63) is 133 Å². The molecule has 0 aromatic heterocycles. The fourth-order valence-electron chi connectivity index (χ4n) is 3.54. The van der Waals surface area contributed by atoms with Crippen molar-refractivity contribution in [1.29, 1.82) is 0 Å². The van der Waals surface area contributed by atoms with Crippen LogP contribution < -0.4 is 15.6 Å². The van der Waals surface area contributed by atoms with Gasteiger partial charge in [-0.15, -0.1) is 5.16 Å². The largest absolute Gasteiger partial charge is 0.438 e. The van der Waals surface area contributed by atoms with E-state index in [-0.39, 0.29) is 0 Å². The molecule has 0 N–H and O–H groups in total. The van der Waals surface area contributed by atoms with Crippen LogP contribution in [0.4, 0.5) is 0 Å². The molecule has 0 aliphatic rings. The van der Waals surface area contributed by atoms with Gasteiger partial charge in [-0.25, -0.2) is 0 Å². The minimum atomic E-state index is -2.78. The molecule has 4 aromatic carbocycles. The summed E-state index contributed by atoms with van der Waals surface area (Å²) in [6.45, 7) is 0. The Labute approximate surface area is 178 Å². The summed E-state index contributed by atoms with van der Waals surface area (Å²) in [5.74, 6) is 0. The molecule has 4 rings (SSSR count). The van der Waals surface area contributed by atoms with Crippen molar-refractivity contribution < 1.29 is 4.53 Å². The number of hydrogen-bond donors (Lipinski definition) is 0. The van der Waals surface area contributed by atoms with Crippen molar-refractivity contribution in [3.8, 4) is 0 Å². The Hall–Kier alpha value is -3.69. The van der Waals surface area contributed by atoms with E-state index in [9.17, 15) is 0 Å². The summed E-state index contributed by atoms with van der Waals surface area (Å²) in [5.41, 5.74) is 1.13. The molecule has 0 unspecified atom stereocenters. The normalized spacial score (nSPS) is 11.7. The highest BCUT2D eigenvalue weighted by Gasteiger charge is 2.44. The minimum Gasteiger partial charge on any atom is -0.438 e. The quantitative estimate of drug-likeness (QED) is 0.194. The second kappa shape index (κ2) is 9.68. The van der Waals surface area contributed by atoms with Gasteiger partial charge in [-0.05, 0) is 27.2 Å². The summed E-state index contributed by atoms with van der Waals surface area (Å²) in [6.07, 6.45) is 5.66. The highest BCUT2D eigenvalue weighted by Crippen LogP contribution is 2.10. The number of rotatable bonds is 7. The molecule has 30 heavy (non-hydrogen) atoms. The lowest BCUT2D eigenvalue weighted by atomic mass is 10.2. The van der Waals surface area contributed by atoms with Crippen molar-refractivity contribution in [1.82, 2.24) is 0 Å². The lowest BCUT2D eigenvalue weighted by molar-refractivity contribution is 0.352. The zero-order valence-electron chi connectivity index (χ0n) is 16.6. The van der Waals surface area contributed by atoms with Crippen LogP contribution in [-0.4, -0.2) is 14.5 Å². The van der Waals surface area contributed by atoms with Crippen LogP contribution >= 0.6 is 0 Å². The third-order valence-electron chi connectivity index (χ3n) is 4.97. The average Bonchev–Trinajstić information content (AvgIpc) is 2.84. The van der Waals surface area contributed by atoms with Crippen LogP contribution in [0, 0.1) is 0 Å². The molecule has 4 aromatic rings.